The van der Waals surface area contributed by atoms with E-state index in [4.69, 9.17) is 9.84 Å². The lowest BCUT2D eigenvalue weighted by atomic mass is 10.0. The predicted octanol–water partition coefficient (Wildman–Crippen LogP) is 3.97. The van der Waals surface area contributed by atoms with Crippen LogP contribution in [0.3, 0.4) is 0 Å². The van der Waals surface area contributed by atoms with Gasteiger partial charge in [-0.1, -0.05) is 57.8 Å². The fourth-order valence-electron chi connectivity index (χ4n) is 2.57. The summed E-state index contributed by atoms with van der Waals surface area (Å²) < 4.78 is 4.81. The fourth-order valence-corrected chi connectivity index (χ4v) is 2.57. The second kappa shape index (κ2) is 15.3. The van der Waals surface area contributed by atoms with Gasteiger partial charge in [-0.15, -0.1) is 0 Å². The molecule has 0 aromatic carbocycles. The van der Waals surface area contributed by atoms with E-state index in [1.807, 2.05) is 6.92 Å². The SMILES string of the molecule is CCOC(=O)CC(O)CCCCCCCCCCCC(C)O. The Kier molecular flexibility index (Phi) is 14.9. The van der Waals surface area contributed by atoms with Crippen LogP contribution in [0.2, 0.25) is 0 Å². The van der Waals surface area contributed by atoms with Crippen LogP contribution in [0.4, 0.5) is 0 Å². The molecule has 0 aromatic heterocycles. The van der Waals surface area contributed by atoms with Crippen LogP contribution >= 0.6 is 0 Å². The molecule has 0 rings (SSSR count). The van der Waals surface area contributed by atoms with Gasteiger partial charge in [0.2, 0.25) is 0 Å². The van der Waals surface area contributed by atoms with Crippen molar-refractivity contribution in [2.24, 2.45) is 0 Å². The average molecular weight is 316 g/mol. The first-order valence-electron chi connectivity index (χ1n) is 9.08. The largest absolute Gasteiger partial charge is 0.466 e. The normalized spacial score (nSPS) is 13.8. The van der Waals surface area contributed by atoms with Crippen LogP contribution in [-0.2, 0) is 9.53 Å². The number of aliphatic hydroxyl groups is 2. The van der Waals surface area contributed by atoms with Crippen molar-refractivity contribution in [1.29, 1.82) is 0 Å². The standard InChI is InChI=1S/C18H36O4/c1-3-22-18(21)15-17(20)14-12-10-8-6-4-5-7-9-11-13-16(2)19/h16-17,19-20H,3-15H2,1-2H3. The van der Waals surface area contributed by atoms with Crippen LogP contribution in [0.25, 0.3) is 0 Å². The van der Waals surface area contributed by atoms with Gasteiger partial charge in [-0.25, -0.2) is 0 Å². The second-order valence-corrected chi connectivity index (χ2v) is 6.27. The van der Waals surface area contributed by atoms with Crippen molar-refractivity contribution in [2.75, 3.05) is 6.61 Å². The molecule has 0 heterocycles. The average Bonchev–Trinajstić information content (AvgIpc) is 2.44. The summed E-state index contributed by atoms with van der Waals surface area (Å²) in [5.41, 5.74) is 0. The minimum Gasteiger partial charge on any atom is -0.466 e. The molecule has 2 unspecified atom stereocenters. The zero-order chi connectivity index (χ0) is 16.6. The molecule has 0 amide bonds. The van der Waals surface area contributed by atoms with Crippen LogP contribution in [-0.4, -0.2) is 35.0 Å². The van der Waals surface area contributed by atoms with Crippen molar-refractivity contribution >= 4 is 5.97 Å². The highest BCUT2D eigenvalue weighted by molar-refractivity contribution is 5.69. The molecular formula is C18H36O4. The number of esters is 1. The molecule has 4 heteroatoms. The molecule has 0 radical (unpaired) electrons. The zero-order valence-corrected chi connectivity index (χ0v) is 14.6. The van der Waals surface area contributed by atoms with Crippen molar-refractivity contribution in [2.45, 2.75) is 103 Å². The summed E-state index contributed by atoms with van der Waals surface area (Å²) in [6, 6.07) is 0. The lowest BCUT2D eigenvalue weighted by Crippen LogP contribution is -2.15. The van der Waals surface area contributed by atoms with Crippen molar-refractivity contribution in [1.82, 2.24) is 0 Å². The fraction of sp³-hybridized carbons (Fsp3) is 0.944. The summed E-state index contributed by atoms with van der Waals surface area (Å²) in [5, 5.41) is 18.8. The number of aliphatic hydroxyl groups excluding tert-OH is 2. The van der Waals surface area contributed by atoms with Gasteiger partial charge >= 0.3 is 5.97 Å². The quantitative estimate of drug-likeness (QED) is 0.354. The summed E-state index contributed by atoms with van der Waals surface area (Å²) in [6.07, 6.45) is 11.8. The number of carbonyl (C=O) groups excluding carboxylic acids is 1. The Morgan fingerprint density at radius 1 is 0.864 bits per heavy atom. The lowest BCUT2D eigenvalue weighted by molar-refractivity contribution is -0.145. The Morgan fingerprint density at radius 2 is 1.32 bits per heavy atom. The van der Waals surface area contributed by atoms with Crippen LogP contribution in [0.15, 0.2) is 0 Å². The molecule has 0 saturated heterocycles. The van der Waals surface area contributed by atoms with Gasteiger partial charge in [-0.3, -0.25) is 4.79 Å². The molecule has 132 valence electrons. The van der Waals surface area contributed by atoms with Crippen molar-refractivity contribution in [3.63, 3.8) is 0 Å². The topological polar surface area (TPSA) is 66.8 Å². The Morgan fingerprint density at radius 3 is 1.77 bits per heavy atom. The zero-order valence-electron chi connectivity index (χ0n) is 14.6. The van der Waals surface area contributed by atoms with E-state index in [1.165, 1.54) is 38.5 Å². The maximum absolute atomic E-state index is 11.2. The maximum Gasteiger partial charge on any atom is 0.308 e. The van der Waals surface area contributed by atoms with E-state index in [0.29, 0.717) is 13.0 Å². The molecule has 0 fully saturated rings. The first-order valence-corrected chi connectivity index (χ1v) is 9.08. The molecule has 0 aliphatic heterocycles. The smallest absolute Gasteiger partial charge is 0.308 e. The van der Waals surface area contributed by atoms with E-state index in [0.717, 1.165) is 25.7 Å². The molecule has 4 nitrogen and oxygen atoms in total. The molecule has 0 aliphatic rings. The summed E-state index contributed by atoms with van der Waals surface area (Å²) in [7, 11) is 0. The predicted molar refractivity (Wildman–Crippen MR) is 89.7 cm³/mol. The number of hydrogen-bond donors (Lipinski definition) is 2. The summed E-state index contributed by atoms with van der Waals surface area (Å²) in [5.74, 6) is -0.300. The van der Waals surface area contributed by atoms with Crippen LogP contribution in [0.5, 0.6) is 0 Å². The molecule has 2 atom stereocenters. The number of hydrogen-bond acceptors (Lipinski definition) is 4. The Balaban J connectivity index is 3.21. The van der Waals surface area contributed by atoms with Gasteiger partial charge in [0, 0.05) is 0 Å². The van der Waals surface area contributed by atoms with E-state index in [2.05, 4.69) is 0 Å². The van der Waals surface area contributed by atoms with Gasteiger partial charge in [0.15, 0.2) is 0 Å². The summed E-state index contributed by atoms with van der Waals surface area (Å²) in [6.45, 7) is 4.01. The monoisotopic (exact) mass is 316 g/mol. The Hall–Kier alpha value is -0.610. The van der Waals surface area contributed by atoms with Gasteiger partial charge in [0.25, 0.3) is 0 Å². The van der Waals surface area contributed by atoms with E-state index >= 15 is 0 Å². The molecule has 0 bridgehead atoms. The minimum absolute atomic E-state index is 0.125. The van der Waals surface area contributed by atoms with Gasteiger partial charge in [0.05, 0.1) is 25.2 Å². The van der Waals surface area contributed by atoms with Crippen molar-refractivity contribution < 1.29 is 19.7 Å². The number of unbranched alkanes of at least 4 members (excludes halogenated alkanes) is 8. The molecule has 0 aromatic rings. The van der Waals surface area contributed by atoms with E-state index in [-0.39, 0.29) is 18.5 Å². The minimum atomic E-state index is -0.548. The summed E-state index contributed by atoms with van der Waals surface area (Å²) in [4.78, 5) is 11.2. The number of carbonyl (C=O) groups is 1. The second-order valence-electron chi connectivity index (χ2n) is 6.27. The van der Waals surface area contributed by atoms with Crippen molar-refractivity contribution in [3.05, 3.63) is 0 Å². The van der Waals surface area contributed by atoms with Gasteiger partial charge < -0.3 is 14.9 Å². The molecule has 0 saturated carbocycles. The molecule has 0 spiro atoms. The van der Waals surface area contributed by atoms with Gasteiger partial charge in [-0.05, 0) is 26.7 Å². The number of ether oxygens (including phenoxy) is 1. The molecule has 2 N–H and O–H groups in total. The Bertz CT molecular complexity index is 253. The Labute approximate surface area is 136 Å². The molecule has 22 heavy (non-hydrogen) atoms. The first kappa shape index (κ1) is 21.4. The third kappa shape index (κ3) is 15.8. The number of rotatable bonds is 15. The molecular weight excluding hydrogens is 280 g/mol. The van der Waals surface area contributed by atoms with Crippen LogP contribution < -0.4 is 0 Å². The van der Waals surface area contributed by atoms with Crippen LogP contribution in [0, 0.1) is 0 Å². The molecule has 0 aliphatic carbocycles. The third-order valence-corrected chi connectivity index (χ3v) is 3.87. The van der Waals surface area contributed by atoms with E-state index in [1.54, 1.807) is 6.92 Å². The van der Waals surface area contributed by atoms with Crippen molar-refractivity contribution in [3.8, 4) is 0 Å². The van der Waals surface area contributed by atoms with E-state index < -0.39 is 6.10 Å². The van der Waals surface area contributed by atoms with Crippen LogP contribution in [0.1, 0.15) is 90.9 Å². The third-order valence-electron chi connectivity index (χ3n) is 3.87. The first-order chi connectivity index (χ1) is 10.6. The highest BCUT2D eigenvalue weighted by Crippen LogP contribution is 2.13. The highest BCUT2D eigenvalue weighted by Gasteiger charge is 2.10. The lowest BCUT2D eigenvalue weighted by Gasteiger charge is -2.09. The van der Waals surface area contributed by atoms with Gasteiger partial charge in [-0.2, -0.15) is 0 Å². The summed E-state index contributed by atoms with van der Waals surface area (Å²) >= 11 is 0. The highest BCUT2D eigenvalue weighted by atomic mass is 16.5. The maximum atomic E-state index is 11.2. The van der Waals surface area contributed by atoms with E-state index in [9.17, 15) is 9.90 Å². The van der Waals surface area contributed by atoms with Gasteiger partial charge in [0.1, 0.15) is 0 Å².